The van der Waals surface area contributed by atoms with Crippen LogP contribution in [0.2, 0.25) is 5.02 Å². The van der Waals surface area contributed by atoms with Gasteiger partial charge in [-0.25, -0.2) is 4.79 Å². The van der Waals surface area contributed by atoms with Gasteiger partial charge < -0.3 is 20.5 Å². The Labute approximate surface area is 127 Å². The van der Waals surface area contributed by atoms with Crippen molar-refractivity contribution in [2.75, 3.05) is 19.7 Å². The number of hydrogen-bond donors (Lipinski definition) is 3. The van der Waals surface area contributed by atoms with Crippen LogP contribution >= 0.6 is 11.6 Å². The van der Waals surface area contributed by atoms with Gasteiger partial charge in [-0.1, -0.05) is 29.8 Å². The highest BCUT2D eigenvalue weighted by molar-refractivity contribution is 6.31. The Kier molecular flexibility index (Phi) is 5.55. The number of hydrogen-bond acceptors (Lipinski definition) is 4. The van der Waals surface area contributed by atoms with Crippen LogP contribution in [-0.2, 0) is 14.3 Å². The number of amides is 1. The summed E-state index contributed by atoms with van der Waals surface area (Å²) in [5.74, 6) is -1.53. The van der Waals surface area contributed by atoms with Crippen LogP contribution in [0.4, 0.5) is 0 Å². The molecule has 0 saturated carbocycles. The first-order valence-corrected chi connectivity index (χ1v) is 7.04. The average Bonchev–Trinajstić information content (AvgIpc) is 2.46. The Morgan fingerprint density at radius 3 is 2.86 bits per heavy atom. The van der Waals surface area contributed by atoms with E-state index in [1.807, 2.05) is 0 Å². The molecule has 1 fully saturated rings. The summed E-state index contributed by atoms with van der Waals surface area (Å²) < 4.78 is 5.42. The van der Waals surface area contributed by atoms with E-state index in [9.17, 15) is 14.7 Å². The molecular weight excluding hydrogens is 296 g/mol. The predicted octanol–water partition coefficient (Wildman–Crippen LogP) is 0.960. The first-order chi connectivity index (χ1) is 10.1. The standard InChI is InChI=1S/C14H17ClN2O4/c15-11-4-2-1-3-10(11)13(14(19)20)17-12(18)7-9-8-16-5-6-21-9/h1-4,9,13,16H,5-8H2,(H,17,18)(H,19,20)/t9?,13-/m1/s1. The van der Waals surface area contributed by atoms with Crippen LogP contribution in [0.3, 0.4) is 0 Å². The van der Waals surface area contributed by atoms with Crippen molar-refractivity contribution in [2.45, 2.75) is 18.6 Å². The second-order valence-corrected chi connectivity index (χ2v) is 5.17. The fourth-order valence-electron chi connectivity index (χ4n) is 2.16. The Bertz CT molecular complexity index is 517. The zero-order valence-corrected chi connectivity index (χ0v) is 12.1. The molecule has 0 aromatic heterocycles. The van der Waals surface area contributed by atoms with E-state index < -0.39 is 12.0 Å². The predicted molar refractivity (Wildman–Crippen MR) is 77.2 cm³/mol. The fraction of sp³-hybridized carbons (Fsp3) is 0.429. The summed E-state index contributed by atoms with van der Waals surface area (Å²) in [6.07, 6.45) is -0.124. The van der Waals surface area contributed by atoms with Crippen molar-refractivity contribution in [3.05, 3.63) is 34.9 Å². The highest BCUT2D eigenvalue weighted by Crippen LogP contribution is 2.23. The number of carboxylic acids is 1. The number of aliphatic carboxylic acids is 1. The first kappa shape index (κ1) is 15.8. The normalized spacial score (nSPS) is 19.8. The van der Waals surface area contributed by atoms with Crippen molar-refractivity contribution in [2.24, 2.45) is 0 Å². The van der Waals surface area contributed by atoms with Gasteiger partial charge in [-0.2, -0.15) is 0 Å². The second kappa shape index (κ2) is 7.40. The molecule has 1 aromatic rings. The molecule has 1 unspecified atom stereocenters. The molecule has 1 heterocycles. The van der Waals surface area contributed by atoms with Crippen LogP contribution in [0.15, 0.2) is 24.3 Å². The van der Waals surface area contributed by atoms with Crippen LogP contribution in [-0.4, -0.2) is 42.8 Å². The minimum atomic E-state index is -1.16. The lowest BCUT2D eigenvalue weighted by Gasteiger charge is -2.24. The van der Waals surface area contributed by atoms with E-state index in [2.05, 4.69) is 10.6 Å². The van der Waals surface area contributed by atoms with Crippen LogP contribution in [0, 0.1) is 0 Å². The van der Waals surface area contributed by atoms with E-state index in [0.29, 0.717) is 23.7 Å². The van der Waals surface area contributed by atoms with Crippen LogP contribution in [0.1, 0.15) is 18.0 Å². The molecule has 1 amide bonds. The molecule has 3 N–H and O–H groups in total. The molecule has 1 aliphatic rings. The van der Waals surface area contributed by atoms with E-state index in [1.54, 1.807) is 24.3 Å². The number of carbonyl (C=O) groups excluding carboxylic acids is 1. The number of nitrogens with one attached hydrogen (secondary N) is 2. The van der Waals surface area contributed by atoms with E-state index in [0.717, 1.165) is 6.54 Å². The summed E-state index contributed by atoms with van der Waals surface area (Å²) in [6.45, 7) is 1.89. The molecule has 21 heavy (non-hydrogen) atoms. The van der Waals surface area contributed by atoms with Gasteiger partial charge in [0.05, 0.1) is 19.1 Å². The van der Waals surface area contributed by atoms with Crippen molar-refractivity contribution >= 4 is 23.5 Å². The molecule has 0 radical (unpaired) electrons. The third-order valence-electron chi connectivity index (χ3n) is 3.19. The topological polar surface area (TPSA) is 87.7 Å². The largest absolute Gasteiger partial charge is 0.479 e. The van der Waals surface area contributed by atoms with Gasteiger partial charge in [0.25, 0.3) is 0 Å². The Morgan fingerprint density at radius 1 is 1.48 bits per heavy atom. The van der Waals surface area contributed by atoms with Gasteiger partial charge in [-0.15, -0.1) is 0 Å². The third kappa shape index (κ3) is 4.42. The maximum absolute atomic E-state index is 12.0. The molecule has 114 valence electrons. The highest BCUT2D eigenvalue weighted by Gasteiger charge is 2.26. The van der Waals surface area contributed by atoms with Crippen molar-refractivity contribution in [1.82, 2.24) is 10.6 Å². The highest BCUT2D eigenvalue weighted by atomic mass is 35.5. The number of carboxylic acid groups (broad SMARTS) is 1. The summed E-state index contributed by atoms with van der Waals surface area (Å²) in [7, 11) is 0. The summed E-state index contributed by atoms with van der Waals surface area (Å²) in [5.41, 5.74) is 0.364. The number of morpholine rings is 1. The molecule has 1 saturated heterocycles. The zero-order valence-electron chi connectivity index (χ0n) is 11.3. The van der Waals surface area contributed by atoms with E-state index >= 15 is 0 Å². The van der Waals surface area contributed by atoms with Gasteiger partial charge in [0.15, 0.2) is 6.04 Å². The van der Waals surface area contributed by atoms with Gasteiger partial charge in [0.1, 0.15) is 0 Å². The zero-order chi connectivity index (χ0) is 15.2. The van der Waals surface area contributed by atoms with Gasteiger partial charge in [-0.3, -0.25) is 4.79 Å². The van der Waals surface area contributed by atoms with Crippen LogP contribution in [0.25, 0.3) is 0 Å². The maximum Gasteiger partial charge on any atom is 0.330 e. The molecule has 6 nitrogen and oxygen atoms in total. The number of halogens is 1. The Morgan fingerprint density at radius 2 is 2.24 bits per heavy atom. The van der Waals surface area contributed by atoms with Crippen molar-refractivity contribution in [3.8, 4) is 0 Å². The third-order valence-corrected chi connectivity index (χ3v) is 3.53. The van der Waals surface area contributed by atoms with Crippen molar-refractivity contribution in [3.63, 3.8) is 0 Å². The fourth-order valence-corrected chi connectivity index (χ4v) is 2.40. The summed E-state index contributed by atoms with van der Waals surface area (Å²) in [4.78, 5) is 23.3. The van der Waals surface area contributed by atoms with E-state index in [-0.39, 0.29) is 18.4 Å². The molecule has 2 atom stereocenters. The van der Waals surface area contributed by atoms with Gasteiger partial charge >= 0.3 is 5.97 Å². The smallest absolute Gasteiger partial charge is 0.330 e. The van der Waals surface area contributed by atoms with Gasteiger partial charge in [-0.05, 0) is 6.07 Å². The number of rotatable bonds is 5. The SMILES string of the molecule is O=C(CC1CNCCO1)N[C@@H](C(=O)O)c1ccccc1Cl. The summed E-state index contributed by atoms with van der Waals surface area (Å²) in [5, 5.41) is 15.2. The lowest BCUT2D eigenvalue weighted by molar-refractivity contribution is -0.142. The molecular formula is C14H17ClN2O4. The van der Waals surface area contributed by atoms with Crippen molar-refractivity contribution < 1.29 is 19.4 Å². The number of ether oxygens (including phenoxy) is 1. The minimum Gasteiger partial charge on any atom is -0.479 e. The first-order valence-electron chi connectivity index (χ1n) is 6.67. The van der Waals surface area contributed by atoms with Gasteiger partial charge in [0.2, 0.25) is 5.91 Å². The minimum absolute atomic E-state index is 0.112. The Hall–Kier alpha value is -1.63. The maximum atomic E-state index is 12.0. The molecule has 2 rings (SSSR count). The molecule has 0 bridgehead atoms. The van der Waals surface area contributed by atoms with Crippen molar-refractivity contribution in [1.29, 1.82) is 0 Å². The van der Waals surface area contributed by atoms with E-state index in [4.69, 9.17) is 16.3 Å². The summed E-state index contributed by atoms with van der Waals surface area (Å²) >= 11 is 5.99. The lowest BCUT2D eigenvalue weighted by atomic mass is 10.1. The molecule has 0 aliphatic carbocycles. The second-order valence-electron chi connectivity index (χ2n) is 4.76. The monoisotopic (exact) mass is 312 g/mol. The number of benzene rings is 1. The molecule has 0 spiro atoms. The van der Waals surface area contributed by atoms with E-state index in [1.165, 1.54) is 0 Å². The molecule has 7 heteroatoms. The molecule has 1 aromatic carbocycles. The lowest BCUT2D eigenvalue weighted by Crippen LogP contribution is -2.42. The van der Waals surface area contributed by atoms with Crippen LogP contribution in [0.5, 0.6) is 0 Å². The number of carbonyl (C=O) groups is 2. The average molecular weight is 313 g/mol. The molecule has 1 aliphatic heterocycles. The van der Waals surface area contributed by atoms with Crippen LogP contribution < -0.4 is 10.6 Å². The van der Waals surface area contributed by atoms with Gasteiger partial charge in [0, 0.05) is 23.7 Å². The Balaban J connectivity index is 2.01. The quantitative estimate of drug-likeness (QED) is 0.754. The summed E-state index contributed by atoms with van der Waals surface area (Å²) in [6, 6.07) is 5.39.